The van der Waals surface area contributed by atoms with Crippen LogP contribution in [0.1, 0.15) is 19.3 Å². The number of hydrogen-bond donors (Lipinski definition) is 2. The van der Waals surface area contributed by atoms with Crippen LogP contribution in [-0.2, 0) is 4.79 Å². The zero-order chi connectivity index (χ0) is 12.0. The highest BCUT2D eigenvalue weighted by Gasteiger charge is 1.99. The first-order valence-corrected chi connectivity index (χ1v) is 5.76. The Bertz CT molecular complexity index is 369. The summed E-state index contributed by atoms with van der Waals surface area (Å²) < 4.78 is 0. The van der Waals surface area contributed by atoms with Gasteiger partial charge in [0, 0.05) is 18.7 Å². The van der Waals surface area contributed by atoms with Gasteiger partial charge in [-0.05, 0) is 31.0 Å². The fourth-order valence-corrected chi connectivity index (χ4v) is 1.54. The maximum absolute atomic E-state index is 10.3. The Morgan fingerprint density at radius 3 is 2.62 bits per heavy atom. The van der Waals surface area contributed by atoms with Crippen LogP contribution in [0.25, 0.3) is 0 Å². The summed E-state index contributed by atoms with van der Waals surface area (Å²) in [6.45, 7) is 0.727. The minimum absolute atomic E-state index is 0.211. The van der Waals surface area contributed by atoms with Crippen LogP contribution in [-0.4, -0.2) is 17.6 Å². The maximum Gasteiger partial charge on any atom is 0.303 e. The molecule has 2 N–H and O–H groups in total. The van der Waals surface area contributed by atoms with Gasteiger partial charge >= 0.3 is 5.97 Å². The summed E-state index contributed by atoms with van der Waals surface area (Å²) in [5, 5.41) is 12.6. The average Bonchev–Trinajstić information content (AvgIpc) is 2.22. The number of anilines is 1. The summed E-state index contributed by atoms with van der Waals surface area (Å²) in [5.74, 6) is -0.755. The lowest BCUT2D eigenvalue weighted by Gasteiger charge is -2.06. The van der Waals surface area contributed by atoms with E-state index in [1.807, 2.05) is 6.07 Å². The van der Waals surface area contributed by atoms with Crippen molar-refractivity contribution in [1.82, 2.24) is 0 Å². The van der Waals surface area contributed by atoms with Crippen molar-refractivity contribution in [1.29, 1.82) is 0 Å². The highest BCUT2D eigenvalue weighted by molar-refractivity contribution is 6.42. The Morgan fingerprint density at radius 2 is 2.00 bits per heavy atom. The van der Waals surface area contributed by atoms with E-state index in [-0.39, 0.29) is 6.42 Å². The second kappa shape index (κ2) is 6.61. The minimum Gasteiger partial charge on any atom is -0.481 e. The first kappa shape index (κ1) is 13.1. The van der Waals surface area contributed by atoms with Crippen molar-refractivity contribution >= 4 is 34.9 Å². The number of benzene rings is 1. The minimum atomic E-state index is -0.755. The molecule has 0 aliphatic rings. The predicted octanol–water partition coefficient (Wildman–Crippen LogP) is 3.66. The van der Waals surface area contributed by atoms with Crippen molar-refractivity contribution in [3.8, 4) is 0 Å². The Kier molecular flexibility index (Phi) is 5.43. The smallest absolute Gasteiger partial charge is 0.303 e. The summed E-state index contributed by atoms with van der Waals surface area (Å²) in [4.78, 5) is 10.3. The van der Waals surface area contributed by atoms with Gasteiger partial charge in [0.25, 0.3) is 0 Å². The van der Waals surface area contributed by atoms with Crippen molar-refractivity contribution in [3.63, 3.8) is 0 Å². The van der Waals surface area contributed by atoms with Crippen molar-refractivity contribution in [3.05, 3.63) is 28.2 Å². The number of aliphatic carboxylic acids is 1. The predicted molar refractivity (Wildman–Crippen MR) is 66.4 cm³/mol. The van der Waals surface area contributed by atoms with Crippen LogP contribution in [0.15, 0.2) is 18.2 Å². The molecule has 16 heavy (non-hydrogen) atoms. The van der Waals surface area contributed by atoms with Crippen LogP contribution >= 0.6 is 23.2 Å². The van der Waals surface area contributed by atoms with E-state index in [0.29, 0.717) is 16.5 Å². The average molecular weight is 262 g/mol. The third-order valence-corrected chi connectivity index (χ3v) is 2.81. The Morgan fingerprint density at radius 1 is 1.25 bits per heavy atom. The zero-order valence-corrected chi connectivity index (χ0v) is 10.2. The molecule has 0 bridgehead atoms. The SMILES string of the molecule is O=C(O)CCCCNc1ccc(Cl)c(Cl)c1. The number of unbranched alkanes of at least 4 members (excludes halogenated alkanes) is 1. The van der Waals surface area contributed by atoms with Gasteiger partial charge in [0.2, 0.25) is 0 Å². The van der Waals surface area contributed by atoms with Crippen molar-refractivity contribution in [2.75, 3.05) is 11.9 Å². The van der Waals surface area contributed by atoms with Crippen LogP contribution in [0.3, 0.4) is 0 Å². The fourth-order valence-electron chi connectivity index (χ4n) is 1.24. The van der Waals surface area contributed by atoms with Crippen LogP contribution < -0.4 is 5.32 Å². The topological polar surface area (TPSA) is 49.3 Å². The van der Waals surface area contributed by atoms with E-state index >= 15 is 0 Å². The van der Waals surface area contributed by atoms with E-state index in [2.05, 4.69) is 5.32 Å². The van der Waals surface area contributed by atoms with Gasteiger partial charge in [0.15, 0.2) is 0 Å². The molecule has 0 radical (unpaired) electrons. The number of hydrogen-bond acceptors (Lipinski definition) is 2. The summed E-state index contributed by atoms with van der Waals surface area (Å²) in [7, 11) is 0. The largest absolute Gasteiger partial charge is 0.481 e. The molecule has 1 rings (SSSR count). The zero-order valence-electron chi connectivity index (χ0n) is 8.67. The Labute approximate surface area is 104 Å². The molecule has 0 saturated carbocycles. The lowest BCUT2D eigenvalue weighted by atomic mass is 10.2. The second-order valence-corrected chi connectivity index (χ2v) is 4.22. The molecule has 1 aromatic carbocycles. The molecule has 0 fully saturated rings. The van der Waals surface area contributed by atoms with Gasteiger partial charge in [-0.15, -0.1) is 0 Å². The molecule has 0 spiro atoms. The molecule has 0 atom stereocenters. The number of carboxylic acids is 1. The summed E-state index contributed by atoms with van der Waals surface area (Å²) >= 11 is 11.6. The highest BCUT2D eigenvalue weighted by atomic mass is 35.5. The number of halogens is 2. The number of nitrogens with one attached hydrogen (secondary N) is 1. The highest BCUT2D eigenvalue weighted by Crippen LogP contribution is 2.24. The fraction of sp³-hybridized carbons (Fsp3) is 0.364. The van der Waals surface area contributed by atoms with Gasteiger partial charge in [-0.2, -0.15) is 0 Å². The van der Waals surface area contributed by atoms with Crippen molar-refractivity contribution < 1.29 is 9.90 Å². The standard InChI is InChI=1S/C11H13Cl2NO2/c12-9-5-4-8(7-10(9)13)14-6-2-1-3-11(15)16/h4-5,7,14H,1-3,6H2,(H,15,16). The molecule has 0 heterocycles. The van der Waals surface area contributed by atoms with Crippen LogP contribution in [0, 0.1) is 0 Å². The quantitative estimate of drug-likeness (QED) is 0.769. The molecule has 0 aliphatic carbocycles. The van der Waals surface area contributed by atoms with E-state index in [1.54, 1.807) is 12.1 Å². The molecule has 0 unspecified atom stereocenters. The number of carboxylic acid groups (broad SMARTS) is 1. The van der Waals surface area contributed by atoms with Crippen molar-refractivity contribution in [2.24, 2.45) is 0 Å². The van der Waals surface area contributed by atoms with Gasteiger partial charge in [-0.1, -0.05) is 23.2 Å². The molecule has 0 saturated heterocycles. The van der Waals surface area contributed by atoms with E-state index in [1.165, 1.54) is 0 Å². The molecule has 0 amide bonds. The maximum atomic E-state index is 10.3. The molecule has 5 heteroatoms. The first-order chi connectivity index (χ1) is 7.59. The van der Waals surface area contributed by atoms with Gasteiger partial charge < -0.3 is 10.4 Å². The number of carbonyl (C=O) groups is 1. The monoisotopic (exact) mass is 261 g/mol. The van der Waals surface area contributed by atoms with Crippen LogP contribution in [0.2, 0.25) is 10.0 Å². The lowest BCUT2D eigenvalue weighted by molar-refractivity contribution is -0.137. The molecular formula is C11H13Cl2NO2. The summed E-state index contributed by atoms with van der Waals surface area (Å²) in [6.07, 6.45) is 1.69. The molecule has 88 valence electrons. The molecule has 0 aromatic heterocycles. The molecule has 3 nitrogen and oxygen atoms in total. The van der Waals surface area contributed by atoms with Gasteiger partial charge in [-0.25, -0.2) is 0 Å². The third kappa shape index (κ3) is 4.73. The van der Waals surface area contributed by atoms with Crippen LogP contribution in [0.5, 0.6) is 0 Å². The number of rotatable bonds is 6. The normalized spacial score (nSPS) is 10.1. The first-order valence-electron chi connectivity index (χ1n) is 5.00. The van der Waals surface area contributed by atoms with Gasteiger partial charge in [0.05, 0.1) is 10.0 Å². The van der Waals surface area contributed by atoms with Crippen LogP contribution in [0.4, 0.5) is 5.69 Å². The van der Waals surface area contributed by atoms with E-state index in [4.69, 9.17) is 28.3 Å². The second-order valence-electron chi connectivity index (χ2n) is 3.41. The Balaban J connectivity index is 2.27. The molecular weight excluding hydrogens is 249 g/mol. The van der Waals surface area contributed by atoms with Gasteiger partial charge in [0.1, 0.15) is 0 Å². The summed E-state index contributed by atoms with van der Waals surface area (Å²) in [5.41, 5.74) is 0.893. The van der Waals surface area contributed by atoms with E-state index in [0.717, 1.165) is 18.7 Å². The molecule has 0 aliphatic heterocycles. The van der Waals surface area contributed by atoms with Gasteiger partial charge in [-0.3, -0.25) is 4.79 Å². The Hall–Kier alpha value is -0.930. The third-order valence-electron chi connectivity index (χ3n) is 2.07. The summed E-state index contributed by atoms with van der Waals surface area (Å²) in [6, 6.07) is 5.32. The lowest BCUT2D eigenvalue weighted by Crippen LogP contribution is -2.03. The van der Waals surface area contributed by atoms with E-state index < -0.39 is 5.97 Å². The van der Waals surface area contributed by atoms with Crippen molar-refractivity contribution in [2.45, 2.75) is 19.3 Å². The van der Waals surface area contributed by atoms with E-state index in [9.17, 15) is 4.79 Å². The molecule has 1 aromatic rings.